The molecule has 3 heterocycles. The summed E-state index contributed by atoms with van der Waals surface area (Å²) in [4.78, 5) is 34.8. The highest BCUT2D eigenvalue weighted by atomic mass is 19.4. The Kier molecular flexibility index (Phi) is 6.81. The van der Waals surface area contributed by atoms with Gasteiger partial charge in [0.1, 0.15) is 5.69 Å². The van der Waals surface area contributed by atoms with Crippen molar-refractivity contribution in [2.24, 2.45) is 0 Å². The minimum Gasteiger partial charge on any atom is -0.357 e. The molecule has 0 spiro atoms. The third-order valence-corrected chi connectivity index (χ3v) is 7.45. The van der Waals surface area contributed by atoms with Crippen LogP contribution in [0.5, 0.6) is 0 Å². The fourth-order valence-electron chi connectivity index (χ4n) is 5.08. The highest BCUT2D eigenvalue weighted by Crippen LogP contribution is 2.30. The predicted octanol–water partition coefficient (Wildman–Crippen LogP) is 4.22. The topological polar surface area (TPSA) is 59.7 Å². The number of amides is 2. The number of benzene rings is 2. The second kappa shape index (κ2) is 10.0. The van der Waals surface area contributed by atoms with E-state index in [1.165, 1.54) is 12.1 Å². The summed E-state index contributed by atoms with van der Waals surface area (Å²) in [5.41, 5.74) is 3.10. The van der Waals surface area contributed by atoms with Crippen molar-refractivity contribution in [1.82, 2.24) is 19.7 Å². The first-order valence-electron chi connectivity index (χ1n) is 12.4. The molecule has 2 aliphatic heterocycles. The normalized spacial score (nSPS) is 17.1. The number of carbonyl (C=O) groups excluding carboxylic acids is 2. The molecule has 37 heavy (non-hydrogen) atoms. The van der Waals surface area contributed by atoms with E-state index in [1.807, 2.05) is 41.0 Å². The van der Waals surface area contributed by atoms with Crippen LogP contribution in [0.25, 0.3) is 0 Å². The summed E-state index contributed by atoms with van der Waals surface area (Å²) in [6, 6.07) is 14.6. The van der Waals surface area contributed by atoms with E-state index >= 15 is 0 Å². The first-order chi connectivity index (χ1) is 17.7. The summed E-state index contributed by atoms with van der Waals surface area (Å²) >= 11 is 0. The van der Waals surface area contributed by atoms with Gasteiger partial charge in [-0.15, -0.1) is 0 Å². The number of H-pyrrole nitrogens is 1. The number of aromatic amines is 1. The standard InChI is InChI=1S/C28H29F3N4O2/c1-19-21(16-20-7-9-22(10-8-20)28(29,30)31)4-2-5-24(19)26(36)35-17-23(18-35)33-12-14-34(15-13-33)27(37)25-6-3-11-32-25/h2-11,23,32H,12-18H2,1H3. The molecule has 0 unspecified atom stereocenters. The lowest BCUT2D eigenvalue weighted by atomic mass is 9.94. The van der Waals surface area contributed by atoms with Crippen LogP contribution in [-0.4, -0.2) is 76.8 Å². The lowest BCUT2D eigenvalue weighted by Crippen LogP contribution is -2.64. The Labute approximate surface area is 213 Å². The zero-order chi connectivity index (χ0) is 26.2. The van der Waals surface area contributed by atoms with Gasteiger partial charge in [-0.25, -0.2) is 0 Å². The zero-order valence-corrected chi connectivity index (χ0v) is 20.6. The van der Waals surface area contributed by atoms with Crippen molar-refractivity contribution in [3.05, 3.63) is 94.3 Å². The molecule has 1 N–H and O–H groups in total. The minimum atomic E-state index is -4.36. The number of hydrogen-bond acceptors (Lipinski definition) is 3. The van der Waals surface area contributed by atoms with Crippen LogP contribution in [0, 0.1) is 6.92 Å². The minimum absolute atomic E-state index is 0.0155. The molecule has 1 aromatic heterocycles. The van der Waals surface area contributed by atoms with Crippen LogP contribution in [0.1, 0.15) is 43.1 Å². The zero-order valence-electron chi connectivity index (χ0n) is 20.6. The second-order valence-corrected chi connectivity index (χ2v) is 9.74. The Morgan fingerprint density at radius 2 is 1.59 bits per heavy atom. The summed E-state index contributed by atoms with van der Waals surface area (Å²) in [6.45, 7) is 6.06. The smallest absolute Gasteiger partial charge is 0.357 e. The van der Waals surface area contributed by atoms with Crippen LogP contribution in [0.2, 0.25) is 0 Å². The summed E-state index contributed by atoms with van der Waals surface area (Å²) in [5.74, 6) is -0.00899. The molecule has 2 aliphatic rings. The van der Waals surface area contributed by atoms with Crippen molar-refractivity contribution in [2.45, 2.75) is 25.6 Å². The highest BCUT2D eigenvalue weighted by Gasteiger charge is 2.37. The monoisotopic (exact) mass is 510 g/mol. The van der Waals surface area contributed by atoms with Crippen molar-refractivity contribution >= 4 is 11.8 Å². The van der Waals surface area contributed by atoms with Crippen LogP contribution in [-0.2, 0) is 12.6 Å². The Morgan fingerprint density at radius 1 is 0.892 bits per heavy atom. The molecule has 2 amide bonds. The molecule has 0 saturated carbocycles. The molecule has 3 aromatic rings. The number of hydrogen-bond donors (Lipinski definition) is 1. The van der Waals surface area contributed by atoms with E-state index in [2.05, 4.69) is 9.88 Å². The van der Waals surface area contributed by atoms with Crippen molar-refractivity contribution < 1.29 is 22.8 Å². The molecule has 0 aliphatic carbocycles. The second-order valence-electron chi connectivity index (χ2n) is 9.74. The predicted molar refractivity (Wildman–Crippen MR) is 133 cm³/mol. The van der Waals surface area contributed by atoms with Gasteiger partial charge in [-0.3, -0.25) is 14.5 Å². The van der Waals surface area contributed by atoms with Crippen LogP contribution < -0.4 is 0 Å². The van der Waals surface area contributed by atoms with Gasteiger partial charge in [-0.05, 0) is 60.4 Å². The Morgan fingerprint density at radius 3 is 2.22 bits per heavy atom. The number of alkyl halides is 3. The molecule has 0 atom stereocenters. The molecule has 9 heteroatoms. The number of halogens is 3. The van der Waals surface area contributed by atoms with Crippen molar-refractivity contribution in [3.8, 4) is 0 Å². The van der Waals surface area contributed by atoms with Gasteiger partial charge in [-0.2, -0.15) is 13.2 Å². The molecule has 6 nitrogen and oxygen atoms in total. The average molecular weight is 511 g/mol. The summed E-state index contributed by atoms with van der Waals surface area (Å²) in [5, 5.41) is 0. The number of aromatic nitrogens is 1. The molecular formula is C28H29F3N4O2. The fraction of sp³-hybridized carbons (Fsp3) is 0.357. The number of rotatable bonds is 5. The van der Waals surface area contributed by atoms with Crippen LogP contribution in [0.4, 0.5) is 13.2 Å². The van der Waals surface area contributed by atoms with E-state index in [4.69, 9.17) is 0 Å². The average Bonchev–Trinajstić information content (AvgIpc) is 3.39. The first kappa shape index (κ1) is 25.1. The maximum absolute atomic E-state index is 13.2. The number of carbonyl (C=O) groups is 2. The van der Waals surface area contributed by atoms with Gasteiger partial charge in [0, 0.05) is 57.1 Å². The summed E-state index contributed by atoms with van der Waals surface area (Å²) in [6.07, 6.45) is -2.15. The highest BCUT2D eigenvalue weighted by molar-refractivity contribution is 5.96. The Bertz CT molecular complexity index is 1260. The number of piperazine rings is 1. The van der Waals surface area contributed by atoms with E-state index in [0.717, 1.165) is 41.9 Å². The van der Waals surface area contributed by atoms with Crippen molar-refractivity contribution in [2.75, 3.05) is 39.3 Å². The molecule has 2 fully saturated rings. The van der Waals surface area contributed by atoms with Gasteiger partial charge in [-0.1, -0.05) is 24.3 Å². The van der Waals surface area contributed by atoms with E-state index in [0.29, 0.717) is 43.9 Å². The number of nitrogens with one attached hydrogen (secondary N) is 1. The van der Waals surface area contributed by atoms with Gasteiger partial charge in [0.15, 0.2) is 0 Å². The van der Waals surface area contributed by atoms with Gasteiger partial charge >= 0.3 is 6.18 Å². The van der Waals surface area contributed by atoms with Crippen LogP contribution in [0.15, 0.2) is 60.8 Å². The number of likely N-dealkylation sites (tertiary alicyclic amines) is 1. The van der Waals surface area contributed by atoms with Gasteiger partial charge in [0.2, 0.25) is 0 Å². The summed E-state index contributed by atoms with van der Waals surface area (Å²) < 4.78 is 38.6. The van der Waals surface area contributed by atoms with Gasteiger partial charge < -0.3 is 14.8 Å². The van der Waals surface area contributed by atoms with Crippen LogP contribution in [0.3, 0.4) is 0 Å². The third-order valence-electron chi connectivity index (χ3n) is 7.45. The van der Waals surface area contributed by atoms with Crippen molar-refractivity contribution in [3.63, 3.8) is 0 Å². The van der Waals surface area contributed by atoms with E-state index in [-0.39, 0.29) is 17.9 Å². The molecule has 2 aromatic carbocycles. The SMILES string of the molecule is Cc1c(Cc2ccc(C(F)(F)F)cc2)cccc1C(=O)N1CC(N2CCN(C(=O)c3ccc[nH]3)CC2)C1. The van der Waals surface area contributed by atoms with E-state index in [9.17, 15) is 22.8 Å². The molecule has 5 rings (SSSR count). The first-order valence-corrected chi connectivity index (χ1v) is 12.4. The van der Waals surface area contributed by atoms with Crippen molar-refractivity contribution in [1.29, 1.82) is 0 Å². The largest absolute Gasteiger partial charge is 0.416 e. The van der Waals surface area contributed by atoms with E-state index < -0.39 is 11.7 Å². The Hall–Kier alpha value is -3.59. The van der Waals surface area contributed by atoms with E-state index in [1.54, 1.807) is 12.3 Å². The molecule has 0 bridgehead atoms. The van der Waals surface area contributed by atoms with Gasteiger partial charge in [0.05, 0.1) is 5.56 Å². The molecular weight excluding hydrogens is 481 g/mol. The lowest BCUT2D eigenvalue weighted by molar-refractivity contribution is -0.137. The quantitative estimate of drug-likeness (QED) is 0.560. The number of nitrogens with zero attached hydrogens (tertiary/aromatic N) is 3. The third kappa shape index (κ3) is 5.27. The molecule has 2 saturated heterocycles. The Balaban J connectivity index is 1.16. The molecule has 0 radical (unpaired) electrons. The molecule has 194 valence electrons. The summed E-state index contributed by atoms with van der Waals surface area (Å²) in [7, 11) is 0. The maximum atomic E-state index is 13.2. The van der Waals surface area contributed by atoms with Gasteiger partial charge in [0.25, 0.3) is 11.8 Å². The van der Waals surface area contributed by atoms with Crippen LogP contribution >= 0.6 is 0 Å². The fourth-order valence-corrected chi connectivity index (χ4v) is 5.08. The lowest BCUT2D eigenvalue weighted by Gasteiger charge is -2.48. The maximum Gasteiger partial charge on any atom is 0.416 e.